The number of quaternary nitrogens is 1. The molecule has 0 saturated heterocycles. The van der Waals surface area contributed by atoms with Gasteiger partial charge in [0.05, 0.1) is 27.7 Å². The van der Waals surface area contributed by atoms with E-state index >= 15 is 0 Å². The van der Waals surface area contributed by atoms with E-state index in [1.807, 2.05) is 75.8 Å². The van der Waals surface area contributed by atoms with Gasteiger partial charge in [0.25, 0.3) is 0 Å². The summed E-state index contributed by atoms with van der Waals surface area (Å²) in [6.45, 7) is 4.16. The zero-order valence-corrected chi connectivity index (χ0v) is 38.8. The monoisotopic (exact) mass is 847 g/mol. The van der Waals surface area contributed by atoms with Gasteiger partial charge in [-0.25, -0.2) is 4.57 Å². The molecule has 2 unspecified atom stereocenters. The molecule has 0 aliphatic heterocycles. The Labute approximate surface area is 361 Å². The maximum Gasteiger partial charge on any atom is 0.472 e. The van der Waals surface area contributed by atoms with Crippen molar-refractivity contribution in [1.82, 2.24) is 0 Å². The minimum atomic E-state index is -4.40. The molecule has 0 rings (SSSR count). The lowest BCUT2D eigenvalue weighted by molar-refractivity contribution is -0.870. The summed E-state index contributed by atoms with van der Waals surface area (Å²) in [6.07, 6.45) is 52.3. The zero-order chi connectivity index (χ0) is 43.6. The highest BCUT2D eigenvalue weighted by Crippen LogP contribution is 2.43. The lowest BCUT2D eigenvalue weighted by atomic mass is 10.1. The number of esters is 2. The Morgan fingerprint density at radius 1 is 0.559 bits per heavy atom. The summed E-state index contributed by atoms with van der Waals surface area (Å²) in [5.41, 5.74) is 0. The quantitative estimate of drug-likeness (QED) is 0.0162. The van der Waals surface area contributed by atoms with Crippen LogP contribution < -0.4 is 0 Å². The van der Waals surface area contributed by atoms with Gasteiger partial charge in [-0.3, -0.25) is 18.6 Å². The minimum absolute atomic E-state index is 0.0122. The summed E-state index contributed by atoms with van der Waals surface area (Å²) in [5, 5.41) is 0. The Kier molecular flexibility index (Phi) is 38.7. The molecule has 0 saturated carbocycles. The van der Waals surface area contributed by atoms with E-state index in [2.05, 4.69) is 44.2 Å². The fourth-order valence-corrected chi connectivity index (χ4v) is 6.46. The fourth-order valence-electron chi connectivity index (χ4n) is 5.72. The molecule has 2 atom stereocenters. The van der Waals surface area contributed by atoms with Crippen LogP contribution in [0.3, 0.4) is 0 Å². The van der Waals surface area contributed by atoms with Crippen LogP contribution in [-0.2, 0) is 32.7 Å². The lowest BCUT2D eigenvalue weighted by Crippen LogP contribution is -2.37. The number of phosphoric acid groups is 1. The number of allylic oxidation sites excluding steroid dienone is 14. The smallest absolute Gasteiger partial charge is 0.462 e. The van der Waals surface area contributed by atoms with Crippen molar-refractivity contribution in [3.63, 3.8) is 0 Å². The van der Waals surface area contributed by atoms with Crippen LogP contribution in [0.1, 0.15) is 162 Å². The molecule has 0 spiro atoms. The maximum absolute atomic E-state index is 12.6. The second-order valence-corrected chi connectivity index (χ2v) is 17.6. The first-order chi connectivity index (χ1) is 28.5. The Morgan fingerprint density at radius 3 is 1.61 bits per heavy atom. The predicted octanol–water partition coefficient (Wildman–Crippen LogP) is 13.2. The number of phosphoric ester groups is 1. The highest BCUT2D eigenvalue weighted by atomic mass is 31.2. The number of hydrogen-bond acceptors (Lipinski definition) is 7. The molecule has 0 aromatic rings. The van der Waals surface area contributed by atoms with E-state index in [1.54, 1.807) is 0 Å². The van der Waals surface area contributed by atoms with Crippen LogP contribution in [-0.4, -0.2) is 74.9 Å². The third-order valence-electron chi connectivity index (χ3n) is 9.29. The van der Waals surface area contributed by atoms with Gasteiger partial charge in [-0.2, -0.15) is 0 Å². The van der Waals surface area contributed by atoms with Crippen LogP contribution in [0, 0.1) is 0 Å². The van der Waals surface area contributed by atoms with E-state index < -0.39 is 32.5 Å². The molecule has 0 aliphatic carbocycles. The summed E-state index contributed by atoms with van der Waals surface area (Å²) in [6, 6.07) is 0. The van der Waals surface area contributed by atoms with Crippen LogP contribution in [0.4, 0.5) is 0 Å². The lowest BCUT2D eigenvalue weighted by Gasteiger charge is -2.24. The van der Waals surface area contributed by atoms with Crippen LogP contribution >= 0.6 is 7.82 Å². The van der Waals surface area contributed by atoms with Gasteiger partial charge in [0.15, 0.2) is 6.10 Å². The first-order valence-electron chi connectivity index (χ1n) is 22.9. The topological polar surface area (TPSA) is 108 Å². The number of carbonyl (C=O) groups is 2. The molecule has 0 amide bonds. The summed E-state index contributed by atoms with van der Waals surface area (Å²) in [7, 11) is 1.41. The van der Waals surface area contributed by atoms with Gasteiger partial charge in [-0.05, 0) is 57.8 Å². The van der Waals surface area contributed by atoms with Gasteiger partial charge in [-0.15, -0.1) is 0 Å². The van der Waals surface area contributed by atoms with Gasteiger partial charge < -0.3 is 18.9 Å². The molecule has 0 fully saturated rings. The van der Waals surface area contributed by atoms with Crippen molar-refractivity contribution in [3.05, 3.63) is 85.1 Å². The van der Waals surface area contributed by atoms with Crippen molar-refractivity contribution in [1.29, 1.82) is 0 Å². The van der Waals surface area contributed by atoms with Crippen molar-refractivity contribution in [2.24, 2.45) is 0 Å². The van der Waals surface area contributed by atoms with E-state index in [9.17, 15) is 19.0 Å². The average Bonchev–Trinajstić information content (AvgIpc) is 3.19. The largest absolute Gasteiger partial charge is 0.472 e. The molecule has 0 bridgehead atoms. The van der Waals surface area contributed by atoms with Crippen molar-refractivity contribution < 1.29 is 42.1 Å². The van der Waals surface area contributed by atoms with Crippen LogP contribution in [0.5, 0.6) is 0 Å². The van der Waals surface area contributed by atoms with E-state index in [0.29, 0.717) is 30.3 Å². The highest BCUT2D eigenvalue weighted by molar-refractivity contribution is 7.47. The molecular formula is C49H85NO8P+. The van der Waals surface area contributed by atoms with Gasteiger partial charge >= 0.3 is 19.8 Å². The second-order valence-electron chi connectivity index (χ2n) is 16.2. The molecule has 59 heavy (non-hydrogen) atoms. The van der Waals surface area contributed by atoms with Crippen LogP contribution in [0.2, 0.25) is 0 Å². The second kappa shape index (κ2) is 40.6. The van der Waals surface area contributed by atoms with Gasteiger partial charge in [-0.1, -0.05) is 176 Å². The van der Waals surface area contributed by atoms with E-state index in [0.717, 1.165) is 38.5 Å². The van der Waals surface area contributed by atoms with Crippen molar-refractivity contribution in [2.45, 2.75) is 168 Å². The minimum Gasteiger partial charge on any atom is -0.462 e. The maximum atomic E-state index is 12.6. The van der Waals surface area contributed by atoms with E-state index in [4.69, 9.17) is 18.5 Å². The summed E-state index contributed by atoms with van der Waals surface area (Å²) in [4.78, 5) is 35.3. The van der Waals surface area contributed by atoms with Crippen molar-refractivity contribution in [3.8, 4) is 0 Å². The normalized spacial score (nSPS) is 14.3. The summed E-state index contributed by atoms with van der Waals surface area (Å²) in [5.74, 6) is -0.901. The average molecular weight is 847 g/mol. The first-order valence-corrected chi connectivity index (χ1v) is 24.4. The molecule has 0 radical (unpaired) electrons. The Morgan fingerprint density at radius 2 is 1.05 bits per heavy atom. The predicted molar refractivity (Wildman–Crippen MR) is 247 cm³/mol. The van der Waals surface area contributed by atoms with Crippen LogP contribution in [0.25, 0.3) is 0 Å². The number of unbranched alkanes of at least 4 members (excludes halogenated alkanes) is 16. The molecule has 0 aromatic carbocycles. The summed E-state index contributed by atoms with van der Waals surface area (Å²) < 4.78 is 34.2. The zero-order valence-electron chi connectivity index (χ0n) is 38.0. The number of ether oxygens (including phenoxy) is 2. The highest BCUT2D eigenvalue weighted by Gasteiger charge is 2.27. The molecule has 0 heterocycles. The van der Waals surface area contributed by atoms with E-state index in [1.165, 1.54) is 77.0 Å². The number of rotatable bonds is 40. The molecule has 10 heteroatoms. The Hall–Kier alpha value is -2.81. The van der Waals surface area contributed by atoms with Crippen molar-refractivity contribution >= 4 is 19.8 Å². The molecular weight excluding hydrogens is 762 g/mol. The number of likely N-dealkylation sites (N-methyl/N-ethyl adjacent to an activating group) is 1. The van der Waals surface area contributed by atoms with Gasteiger partial charge in [0.2, 0.25) is 0 Å². The number of nitrogens with zero attached hydrogens (tertiary/aromatic N) is 1. The molecule has 338 valence electrons. The third kappa shape index (κ3) is 44.6. The molecule has 9 nitrogen and oxygen atoms in total. The van der Waals surface area contributed by atoms with Crippen molar-refractivity contribution in [2.75, 3.05) is 47.5 Å². The molecule has 1 N–H and O–H groups in total. The fraction of sp³-hybridized carbons (Fsp3) is 0.673. The Balaban J connectivity index is 4.37. The molecule has 0 aliphatic rings. The first kappa shape index (κ1) is 56.2. The number of carbonyl (C=O) groups excluding carboxylic acids is 2. The standard InChI is InChI=1S/C49H84NO8P/c1-6-8-10-12-14-16-18-20-21-22-23-24-25-26-27-28-30-31-33-35-37-39-41-48(51)55-45-47(46-57-59(53,54)56-44-43-50(3,4)5)58-49(52)42-40-38-36-34-32-29-19-17-15-13-11-9-7-2/h9,11,13,15,17,19,22-23,25-26,29,32,34,36,47H,6-8,10,12,14,16,18,20-21,24,27-28,30-31,33,35,37-46H2,1-5H3/p+1/b11-9+,15-13+,19-17+,23-22+,26-25+,32-29+,36-34+. The van der Waals surface area contributed by atoms with E-state index in [-0.39, 0.29) is 26.1 Å². The SMILES string of the molecule is CC/C=C/C=C/C=C/C=C/C=C/CCCC(=O)OC(COC(=O)CCCCCCCCC/C=C/C/C=C/CCCCCCCCCC)COP(=O)(O)OCC[N+](C)(C)C. The number of hydrogen-bond donors (Lipinski definition) is 1. The van der Waals surface area contributed by atoms with Gasteiger partial charge in [0, 0.05) is 12.8 Å². The Bertz CT molecular complexity index is 1280. The summed E-state index contributed by atoms with van der Waals surface area (Å²) >= 11 is 0. The third-order valence-corrected chi connectivity index (χ3v) is 10.3. The molecule has 0 aromatic heterocycles. The van der Waals surface area contributed by atoms with Gasteiger partial charge in [0.1, 0.15) is 19.8 Å². The van der Waals surface area contributed by atoms with Crippen LogP contribution in [0.15, 0.2) is 85.1 Å².